The van der Waals surface area contributed by atoms with Crippen molar-refractivity contribution in [1.29, 1.82) is 0 Å². The molecule has 2 atom stereocenters. The number of amides is 1. The summed E-state index contributed by atoms with van der Waals surface area (Å²) in [5.74, 6) is -0.884. The molecule has 1 saturated carbocycles. The summed E-state index contributed by atoms with van der Waals surface area (Å²) in [4.78, 5) is 11.4. The molecule has 1 N–H and O–H groups in total. The van der Waals surface area contributed by atoms with E-state index in [1.54, 1.807) is 20.8 Å². The summed E-state index contributed by atoms with van der Waals surface area (Å²) in [6.45, 7) is 5.20. The van der Waals surface area contributed by atoms with Gasteiger partial charge in [0.2, 0.25) is 0 Å². The Morgan fingerprint density at radius 3 is 2.35 bits per heavy atom. The van der Waals surface area contributed by atoms with Gasteiger partial charge in [0.15, 0.2) is 0 Å². The van der Waals surface area contributed by atoms with Gasteiger partial charge in [0.25, 0.3) is 0 Å². The Kier molecular flexibility index (Phi) is 4.01. The zero-order valence-corrected chi connectivity index (χ0v) is 11.0. The molecular weight excluding hydrogens is 249 g/mol. The molecule has 0 bridgehead atoms. The number of hydrogen-bond acceptors (Lipinski definition) is 4. The van der Waals surface area contributed by atoms with E-state index >= 15 is 0 Å². The fourth-order valence-corrected chi connectivity index (χ4v) is 2.58. The number of nitrogens with one attached hydrogen (secondary N) is 1. The smallest absolute Gasteiger partial charge is 0.407 e. The molecule has 7 heteroatoms. The normalized spacial score (nSPS) is 24.9. The van der Waals surface area contributed by atoms with Crippen molar-refractivity contribution in [2.75, 3.05) is 5.75 Å². The van der Waals surface area contributed by atoms with Gasteiger partial charge in [-0.3, -0.25) is 0 Å². The van der Waals surface area contributed by atoms with Crippen LogP contribution in [0.1, 0.15) is 33.6 Å². The second-order valence-corrected chi connectivity index (χ2v) is 6.71. The average Bonchev–Trinajstić information content (AvgIpc) is 2.05. The molecule has 0 saturated heterocycles. The third-order valence-electron chi connectivity index (χ3n) is 2.53. The third kappa shape index (κ3) is 5.34. The highest BCUT2D eigenvalue weighted by atomic mass is 32.3. The van der Waals surface area contributed by atoms with Crippen LogP contribution >= 0.6 is 0 Å². The highest BCUT2D eigenvalue weighted by Gasteiger charge is 2.36. The van der Waals surface area contributed by atoms with Crippen molar-refractivity contribution in [3.05, 3.63) is 0 Å². The van der Waals surface area contributed by atoms with Crippen molar-refractivity contribution in [3.8, 4) is 0 Å². The lowest BCUT2D eigenvalue weighted by Crippen LogP contribution is -2.50. The van der Waals surface area contributed by atoms with E-state index in [0.717, 1.165) is 0 Å². The van der Waals surface area contributed by atoms with Gasteiger partial charge in [-0.2, -0.15) is 8.42 Å². The molecule has 5 nitrogen and oxygen atoms in total. The van der Waals surface area contributed by atoms with Crippen LogP contribution in [0.15, 0.2) is 0 Å². The van der Waals surface area contributed by atoms with E-state index in [1.807, 2.05) is 0 Å². The number of carbonyl (C=O) groups is 1. The van der Waals surface area contributed by atoms with Crippen molar-refractivity contribution in [1.82, 2.24) is 5.32 Å². The highest BCUT2D eigenvalue weighted by Crippen LogP contribution is 2.29. The molecule has 0 radical (unpaired) electrons. The molecule has 1 fully saturated rings. The first-order chi connectivity index (χ1) is 7.57. The van der Waals surface area contributed by atoms with E-state index in [4.69, 9.17) is 4.74 Å². The van der Waals surface area contributed by atoms with Crippen LogP contribution in [0.3, 0.4) is 0 Å². The number of halogens is 1. The summed E-state index contributed by atoms with van der Waals surface area (Å²) in [7, 11) is -4.48. The van der Waals surface area contributed by atoms with E-state index < -0.39 is 27.7 Å². The Morgan fingerprint density at radius 2 is 2.00 bits per heavy atom. The Labute approximate surface area is 101 Å². The first-order valence-electron chi connectivity index (χ1n) is 5.49. The number of ether oxygens (including phenoxy) is 1. The molecular formula is C10H18FNO4S. The Bertz CT molecular complexity index is 388. The predicted molar refractivity (Wildman–Crippen MR) is 60.8 cm³/mol. The zero-order chi connectivity index (χ0) is 13.3. The van der Waals surface area contributed by atoms with Crippen molar-refractivity contribution in [2.45, 2.75) is 45.3 Å². The molecule has 1 amide bonds. The van der Waals surface area contributed by atoms with E-state index in [-0.39, 0.29) is 12.0 Å². The van der Waals surface area contributed by atoms with Gasteiger partial charge >= 0.3 is 16.3 Å². The Hall–Kier alpha value is -0.850. The van der Waals surface area contributed by atoms with E-state index in [0.29, 0.717) is 12.8 Å². The minimum atomic E-state index is -4.48. The number of carbonyl (C=O) groups excluding carboxylic acids is 1. The van der Waals surface area contributed by atoms with Gasteiger partial charge in [-0.05, 0) is 39.5 Å². The largest absolute Gasteiger partial charge is 0.444 e. The molecule has 0 aromatic rings. The Morgan fingerprint density at radius 1 is 1.41 bits per heavy atom. The Balaban J connectivity index is 2.41. The molecule has 0 aromatic carbocycles. The van der Waals surface area contributed by atoms with E-state index in [1.165, 1.54) is 0 Å². The summed E-state index contributed by atoms with van der Waals surface area (Å²) in [5, 5.41) is 2.55. The minimum absolute atomic E-state index is 0.310. The molecule has 0 unspecified atom stereocenters. The molecule has 0 aliphatic heterocycles. The van der Waals surface area contributed by atoms with Crippen LogP contribution in [0.25, 0.3) is 0 Å². The second kappa shape index (κ2) is 4.80. The van der Waals surface area contributed by atoms with Crippen molar-refractivity contribution >= 4 is 16.3 Å². The first-order valence-corrected chi connectivity index (χ1v) is 7.04. The van der Waals surface area contributed by atoms with Crippen LogP contribution in [0.4, 0.5) is 8.68 Å². The quantitative estimate of drug-likeness (QED) is 0.788. The third-order valence-corrected chi connectivity index (χ3v) is 3.36. The van der Waals surface area contributed by atoms with Gasteiger partial charge in [-0.15, -0.1) is 3.89 Å². The lowest BCUT2D eigenvalue weighted by molar-refractivity contribution is 0.0446. The maximum absolute atomic E-state index is 12.5. The molecule has 1 aliphatic carbocycles. The summed E-state index contributed by atoms with van der Waals surface area (Å²) in [6, 6.07) is -0.310. The summed E-state index contributed by atoms with van der Waals surface area (Å²) in [5.41, 5.74) is -0.602. The fourth-order valence-electron chi connectivity index (χ4n) is 1.67. The van der Waals surface area contributed by atoms with Crippen molar-refractivity contribution < 1.29 is 21.8 Å². The maximum Gasteiger partial charge on any atom is 0.407 e. The standard InChI is InChI=1S/C10H18FNO4S/c1-10(2,3)16-9(13)12-8-5-4-7(8)6-17(11,14)15/h7-8H,4-6H2,1-3H3,(H,12,13)/t7-,8-/m1/s1. The minimum Gasteiger partial charge on any atom is -0.444 e. The van der Waals surface area contributed by atoms with Crippen LogP contribution in [-0.2, 0) is 15.0 Å². The van der Waals surface area contributed by atoms with Crippen LogP contribution in [0, 0.1) is 5.92 Å². The van der Waals surface area contributed by atoms with Crippen molar-refractivity contribution in [2.24, 2.45) is 5.92 Å². The van der Waals surface area contributed by atoms with Gasteiger partial charge in [0, 0.05) is 6.04 Å². The lowest BCUT2D eigenvalue weighted by Gasteiger charge is -2.36. The van der Waals surface area contributed by atoms with E-state index in [9.17, 15) is 17.1 Å². The summed E-state index contributed by atoms with van der Waals surface area (Å²) < 4.78 is 38.5. The molecule has 1 aliphatic rings. The molecule has 17 heavy (non-hydrogen) atoms. The first kappa shape index (κ1) is 14.2. The molecule has 0 heterocycles. The molecule has 0 aromatic heterocycles. The molecule has 100 valence electrons. The van der Waals surface area contributed by atoms with Gasteiger partial charge in [-0.25, -0.2) is 4.79 Å². The number of rotatable bonds is 3. The average molecular weight is 267 g/mol. The van der Waals surface area contributed by atoms with Crippen LogP contribution in [0.5, 0.6) is 0 Å². The van der Waals surface area contributed by atoms with Gasteiger partial charge in [-0.1, -0.05) is 0 Å². The van der Waals surface area contributed by atoms with Gasteiger partial charge < -0.3 is 10.1 Å². The van der Waals surface area contributed by atoms with Gasteiger partial charge in [0.05, 0.1) is 5.75 Å². The molecule has 1 rings (SSSR count). The maximum atomic E-state index is 12.5. The van der Waals surface area contributed by atoms with Crippen LogP contribution in [-0.4, -0.2) is 31.9 Å². The van der Waals surface area contributed by atoms with Gasteiger partial charge in [0.1, 0.15) is 5.60 Å². The summed E-state index contributed by atoms with van der Waals surface area (Å²) in [6.07, 6.45) is 0.659. The number of hydrogen-bond donors (Lipinski definition) is 1. The zero-order valence-electron chi connectivity index (χ0n) is 10.2. The monoisotopic (exact) mass is 267 g/mol. The highest BCUT2D eigenvalue weighted by molar-refractivity contribution is 7.86. The second-order valence-electron chi connectivity index (χ2n) is 5.30. The van der Waals surface area contributed by atoms with Crippen molar-refractivity contribution in [3.63, 3.8) is 0 Å². The molecule has 0 spiro atoms. The summed E-state index contributed by atoms with van der Waals surface area (Å²) >= 11 is 0. The predicted octanol–water partition coefficient (Wildman–Crippen LogP) is 1.59. The number of alkyl carbamates (subject to hydrolysis) is 1. The van der Waals surface area contributed by atoms with Crippen LogP contribution in [0.2, 0.25) is 0 Å². The fraction of sp³-hybridized carbons (Fsp3) is 0.900. The topological polar surface area (TPSA) is 72.5 Å². The lowest BCUT2D eigenvalue weighted by atomic mass is 9.81. The van der Waals surface area contributed by atoms with E-state index in [2.05, 4.69) is 5.32 Å². The van der Waals surface area contributed by atoms with Crippen LogP contribution < -0.4 is 5.32 Å². The SMILES string of the molecule is CC(C)(C)OC(=O)N[C@@H]1CC[C@@H]1CS(=O)(=O)F.